The molecular weight excluding hydrogens is 560 g/mol. The van der Waals surface area contributed by atoms with Crippen molar-refractivity contribution in [2.24, 2.45) is 0 Å². The smallest absolute Gasteiger partial charge is 0.353 e. The van der Waals surface area contributed by atoms with Crippen LogP contribution in [0.25, 0.3) is 22.4 Å². The largest absolute Gasteiger partial charge is 0.463 e. The van der Waals surface area contributed by atoms with E-state index in [2.05, 4.69) is 35.9 Å². The van der Waals surface area contributed by atoms with Crippen LogP contribution in [0.3, 0.4) is 0 Å². The van der Waals surface area contributed by atoms with E-state index in [0.29, 0.717) is 16.7 Å². The molecule has 9 nitrogen and oxygen atoms in total. The number of unbranched alkanes of at least 4 members (excludes halogenated alkanes) is 2. The van der Waals surface area contributed by atoms with E-state index in [0.717, 1.165) is 29.5 Å². The number of rotatable bonds is 9. The predicted molar refractivity (Wildman–Crippen MR) is 165 cm³/mol. The number of ether oxygens (including phenoxy) is 3. The summed E-state index contributed by atoms with van der Waals surface area (Å²) in [4.78, 5) is 40.6. The number of esters is 2. The minimum atomic E-state index is -0.817. The van der Waals surface area contributed by atoms with Gasteiger partial charge in [0, 0.05) is 37.6 Å². The lowest BCUT2D eigenvalue weighted by atomic mass is 10.0. The highest BCUT2D eigenvalue weighted by Gasteiger charge is 2.40. The molecule has 4 aromatic rings. The van der Waals surface area contributed by atoms with Crippen LogP contribution in [0, 0.1) is 18.8 Å². The molecule has 2 aromatic carbocycles. The molecule has 5 rings (SSSR count). The third kappa shape index (κ3) is 7.26. The van der Waals surface area contributed by atoms with E-state index in [1.54, 1.807) is 6.20 Å². The van der Waals surface area contributed by atoms with Gasteiger partial charge in [-0.1, -0.05) is 73.6 Å². The number of hydrogen-bond donors (Lipinski definition) is 0. The van der Waals surface area contributed by atoms with Crippen LogP contribution in [-0.2, 0) is 30.2 Å². The van der Waals surface area contributed by atoms with Gasteiger partial charge in [-0.3, -0.25) is 14.2 Å². The highest BCUT2D eigenvalue weighted by atomic mass is 16.6. The van der Waals surface area contributed by atoms with Gasteiger partial charge >= 0.3 is 17.6 Å². The minimum absolute atomic E-state index is 0.119. The zero-order valence-corrected chi connectivity index (χ0v) is 25.4. The zero-order valence-electron chi connectivity index (χ0n) is 25.4. The number of carbonyl (C=O) groups is 2. The fourth-order valence-electron chi connectivity index (χ4n) is 5.24. The van der Waals surface area contributed by atoms with Crippen molar-refractivity contribution >= 4 is 23.0 Å². The fraction of sp³-hybridized carbons (Fsp3) is 0.371. The van der Waals surface area contributed by atoms with E-state index >= 15 is 0 Å². The average molecular weight is 597 g/mol. The molecule has 1 aliphatic rings. The van der Waals surface area contributed by atoms with Crippen molar-refractivity contribution in [1.29, 1.82) is 0 Å². The standard InChI is InChI=1S/C35H36N2O7/c1-5-6-7-8-25-11-13-26(14-12-25)15-18-28-29-20-37(32-19-30(42-24(4)39)31(43-32)21-41-23(3)38)35(40)36-34(29)44-33(28)27-16-9-22(2)10-17-27/h9-14,16-17,20,30-32H,5-8,19,21H2,1-4H3/t30-,31+,32+/m0/s1. The Morgan fingerprint density at radius 2 is 1.77 bits per heavy atom. The van der Waals surface area contributed by atoms with Crippen LogP contribution < -0.4 is 5.69 Å². The second kappa shape index (κ2) is 13.7. The minimum Gasteiger partial charge on any atom is -0.463 e. The Bertz CT molecular complexity index is 1760. The predicted octanol–water partition coefficient (Wildman–Crippen LogP) is 5.88. The third-order valence-electron chi connectivity index (χ3n) is 7.54. The summed E-state index contributed by atoms with van der Waals surface area (Å²) in [6, 6.07) is 16.1. The Labute approximate surface area is 256 Å². The summed E-state index contributed by atoms with van der Waals surface area (Å²) in [5.74, 6) is 6.06. The summed E-state index contributed by atoms with van der Waals surface area (Å²) >= 11 is 0. The molecule has 1 fully saturated rings. The van der Waals surface area contributed by atoms with Crippen LogP contribution in [-0.4, -0.2) is 40.3 Å². The third-order valence-corrected chi connectivity index (χ3v) is 7.54. The first kappa shape index (κ1) is 30.8. The summed E-state index contributed by atoms with van der Waals surface area (Å²) in [7, 11) is 0. The number of hydrogen-bond acceptors (Lipinski definition) is 8. The first-order chi connectivity index (χ1) is 21.2. The molecule has 1 aliphatic heterocycles. The van der Waals surface area contributed by atoms with Crippen LogP contribution in [0.15, 0.2) is 63.9 Å². The maximum Gasteiger partial charge on any atom is 0.353 e. The van der Waals surface area contributed by atoms with Gasteiger partial charge in [0.15, 0.2) is 5.76 Å². The highest BCUT2D eigenvalue weighted by molar-refractivity contribution is 5.89. The van der Waals surface area contributed by atoms with Gasteiger partial charge in [-0.05, 0) is 37.5 Å². The van der Waals surface area contributed by atoms with Gasteiger partial charge in [0.25, 0.3) is 0 Å². The Hall–Kier alpha value is -4.68. The van der Waals surface area contributed by atoms with Crippen LogP contribution in [0.1, 0.15) is 74.9 Å². The van der Waals surface area contributed by atoms with Gasteiger partial charge in [0.1, 0.15) is 25.0 Å². The Balaban J connectivity index is 1.53. The molecule has 0 bridgehead atoms. The van der Waals surface area contributed by atoms with E-state index < -0.39 is 36.1 Å². The molecular formula is C35H36N2O7. The molecule has 0 spiro atoms. The maximum atomic E-state index is 13.2. The molecule has 3 heterocycles. The van der Waals surface area contributed by atoms with Crippen molar-refractivity contribution in [2.75, 3.05) is 6.61 Å². The lowest BCUT2D eigenvalue weighted by Crippen LogP contribution is -2.31. The Morgan fingerprint density at radius 3 is 2.45 bits per heavy atom. The molecule has 2 aromatic heterocycles. The number of aromatic nitrogens is 2. The number of furan rings is 1. The van der Waals surface area contributed by atoms with Gasteiger partial charge in [-0.25, -0.2) is 4.79 Å². The maximum absolute atomic E-state index is 13.2. The molecule has 0 radical (unpaired) electrons. The normalized spacial score (nSPS) is 17.7. The highest BCUT2D eigenvalue weighted by Crippen LogP contribution is 2.35. The number of fused-ring (bicyclic) bond motifs is 1. The van der Waals surface area contributed by atoms with Crippen molar-refractivity contribution in [3.05, 3.63) is 87.5 Å². The zero-order chi connectivity index (χ0) is 31.2. The summed E-state index contributed by atoms with van der Waals surface area (Å²) in [6.07, 6.45) is 4.11. The number of aryl methyl sites for hydroxylation is 2. The van der Waals surface area contributed by atoms with E-state index in [4.69, 9.17) is 18.6 Å². The van der Waals surface area contributed by atoms with Gasteiger partial charge in [0.2, 0.25) is 5.71 Å². The fourth-order valence-corrected chi connectivity index (χ4v) is 5.24. The molecule has 44 heavy (non-hydrogen) atoms. The first-order valence-electron chi connectivity index (χ1n) is 14.9. The van der Waals surface area contributed by atoms with Crippen molar-refractivity contribution in [3.8, 4) is 23.2 Å². The van der Waals surface area contributed by atoms with Gasteiger partial charge in [-0.15, -0.1) is 0 Å². The van der Waals surface area contributed by atoms with Gasteiger partial charge in [-0.2, -0.15) is 4.98 Å². The average Bonchev–Trinajstić information content (AvgIpc) is 3.55. The van der Waals surface area contributed by atoms with Crippen molar-refractivity contribution in [1.82, 2.24) is 9.55 Å². The summed E-state index contributed by atoms with van der Waals surface area (Å²) in [5.41, 5.74) is 4.18. The van der Waals surface area contributed by atoms with E-state index in [1.165, 1.54) is 36.8 Å². The van der Waals surface area contributed by atoms with Gasteiger partial charge in [0.05, 0.1) is 10.9 Å². The topological polar surface area (TPSA) is 110 Å². The first-order valence-corrected chi connectivity index (χ1v) is 14.9. The van der Waals surface area contributed by atoms with Crippen molar-refractivity contribution in [2.45, 2.75) is 78.2 Å². The second-order valence-corrected chi connectivity index (χ2v) is 11.0. The lowest BCUT2D eigenvalue weighted by Gasteiger charge is -2.17. The van der Waals surface area contributed by atoms with E-state index in [9.17, 15) is 14.4 Å². The molecule has 0 saturated carbocycles. The Kier molecular flexibility index (Phi) is 9.61. The number of carbonyl (C=O) groups excluding carboxylic acids is 2. The monoisotopic (exact) mass is 596 g/mol. The number of nitrogens with zero attached hydrogens (tertiary/aromatic N) is 2. The lowest BCUT2D eigenvalue weighted by molar-refractivity contribution is -0.155. The van der Waals surface area contributed by atoms with Crippen molar-refractivity contribution < 1.29 is 28.2 Å². The van der Waals surface area contributed by atoms with E-state index in [1.807, 2.05) is 43.3 Å². The van der Waals surface area contributed by atoms with Crippen LogP contribution in [0.2, 0.25) is 0 Å². The molecule has 0 N–H and O–H groups in total. The summed E-state index contributed by atoms with van der Waals surface area (Å²) < 4.78 is 24.1. The quantitative estimate of drug-likeness (QED) is 0.134. The van der Waals surface area contributed by atoms with Gasteiger partial charge < -0.3 is 18.6 Å². The molecule has 9 heteroatoms. The van der Waals surface area contributed by atoms with Crippen LogP contribution in [0.5, 0.6) is 0 Å². The molecule has 0 amide bonds. The molecule has 1 saturated heterocycles. The molecule has 3 atom stereocenters. The van der Waals surface area contributed by atoms with Crippen molar-refractivity contribution in [3.63, 3.8) is 0 Å². The molecule has 228 valence electrons. The molecule has 0 aliphatic carbocycles. The summed E-state index contributed by atoms with van der Waals surface area (Å²) in [6.45, 7) is 6.65. The van der Waals surface area contributed by atoms with Crippen LogP contribution >= 0.6 is 0 Å². The summed E-state index contributed by atoms with van der Waals surface area (Å²) in [5, 5.41) is 0.542. The van der Waals surface area contributed by atoms with Crippen LogP contribution in [0.4, 0.5) is 0 Å². The van der Waals surface area contributed by atoms with E-state index in [-0.39, 0.29) is 18.7 Å². The number of benzene rings is 2. The SMILES string of the molecule is CCCCCc1ccc(C#Cc2c(-c3ccc(C)cc3)oc3nc(=O)n([C@H]4C[C@H](OC(C)=O)[C@@H](COC(C)=O)O4)cc23)cc1. The molecule has 0 unspecified atom stereocenters. The Morgan fingerprint density at radius 1 is 1.02 bits per heavy atom. The second-order valence-electron chi connectivity index (χ2n) is 11.0.